The van der Waals surface area contributed by atoms with E-state index in [0.717, 1.165) is 32.5 Å². The molecule has 0 unspecified atom stereocenters. The zero-order valence-electron chi connectivity index (χ0n) is 11.6. The van der Waals surface area contributed by atoms with E-state index in [0.29, 0.717) is 6.61 Å². The number of nitrogens with zero attached hydrogens (tertiary/aromatic N) is 1. The highest BCUT2D eigenvalue weighted by Crippen LogP contribution is 2.11. The number of carbonyl (C=O) groups is 1. The molecule has 1 saturated heterocycles. The second-order valence-corrected chi connectivity index (χ2v) is 5.78. The van der Waals surface area contributed by atoms with Gasteiger partial charge in [-0.05, 0) is 40.2 Å². The van der Waals surface area contributed by atoms with Crippen molar-refractivity contribution in [1.82, 2.24) is 10.2 Å². The Morgan fingerprint density at radius 1 is 1.47 bits per heavy atom. The molecule has 0 aromatic carbocycles. The van der Waals surface area contributed by atoms with E-state index in [4.69, 9.17) is 4.74 Å². The molecule has 17 heavy (non-hydrogen) atoms. The molecular weight excluding hydrogens is 216 g/mol. The normalized spacial score (nSPS) is 21.6. The number of hydrogen-bond donors (Lipinski definition) is 1. The van der Waals surface area contributed by atoms with Gasteiger partial charge in [0.25, 0.3) is 0 Å². The highest BCUT2D eigenvalue weighted by atomic mass is 16.5. The SMILES string of the molecule is CC(=O)N1CCO[C@@H](CCCNC(C)(C)C)C1. The van der Waals surface area contributed by atoms with Crippen molar-refractivity contribution in [2.75, 3.05) is 26.2 Å². The minimum atomic E-state index is 0.158. The van der Waals surface area contributed by atoms with Gasteiger partial charge in [-0.2, -0.15) is 0 Å². The third kappa shape index (κ3) is 6.03. The molecule has 1 N–H and O–H groups in total. The van der Waals surface area contributed by atoms with Crippen LogP contribution in [0.3, 0.4) is 0 Å². The van der Waals surface area contributed by atoms with E-state index in [2.05, 4.69) is 26.1 Å². The lowest BCUT2D eigenvalue weighted by Gasteiger charge is -2.32. The molecule has 1 amide bonds. The molecule has 1 atom stereocenters. The average Bonchev–Trinajstić information content (AvgIpc) is 2.23. The average molecular weight is 242 g/mol. The van der Waals surface area contributed by atoms with Crippen LogP contribution in [0.1, 0.15) is 40.5 Å². The number of amides is 1. The monoisotopic (exact) mass is 242 g/mol. The van der Waals surface area contributed by atoms with Crippen LogP contribution in [0.4, 0.5) is 0 Å². The van der Waals surface area contributed by atoms with Crippen molar-refractivity contribution in [3.05, 3.63) is 0 Å². The van der Waals surface area contributed by atoms with E-state index in [1.165, 1.54) is 0 Å². The van der Waals surface area contributed by atoms with Crippen LogP contribution in [0.5, 0.6) is 0 Å². The molecule has 1 rings (SSSR count). The highest BCUT2D eigenvalue weighted by Gasteiger charge is 2.21. The number of carbonyl (C=O) groups excluding carboxylic acids is 1. The molecule has 0 saturated carbocycles. The fourth-order valence-electron chi connectivity index (χ4n) is 1.97. The van der Waals surface area contributed by atoms with Crippen LogP contribution < -0.4 is 5.32 Å². The molecule has 1 aliphatic rings. The molecule has 0 aromatic heterocycles. The summed E-state index contributed by atoms with van der Waals surface area (Å²) in [6, 6.07) is 0. The van der Waals surface area contributed by atoms with Crippen LogP contribution in [-0.2, 0) is 9.53 Å². The van der Waals surface area contributed by atoms with E-state index in [1.54, 1.807) is 6.92 Å². The fourth-order valence-corrected chi connectivity index (χ4v) is 1.97. The third-order valence-corrected chi connectivity index (χ3v) is 2.94. The first-order chi connectivity index (χ1) is 7.88. The summed E-state index contributed by atoms with van der Waals surface area (Å²) >= 11 is 0. The van der Waals surface area contributed by atoms with Crippen LogP contribution in [0.2, 0.25) is 0 Å². The second kappa shape index (κ2) is 6.36. The summed E-state index contributed by atoms with van der Waals surface area (Å²) < 4.78 is 5.67. The molecule has 0 bridgehead atoms. The maximum absolute atomic E-state index is 11.3. The minimum Gasteiger partial charge on any atom is -0.375 e. The number of nitrogens with one attached hydrogen (secondary N) is 1. The van der Waals surface area contributed by atoms with Gasteiger partial charge in [0.2, 0.25) is 5.91 Å². The molecule has 1 fully saturated rings. The summed E-state index contributed by atoms with van der Waals surface area (Å²) in [5.74, 6) is 0.158. The summed E-state index contributed by atoms with van der Waals surface area (Å²) in [7, 11) is 0. The summed E-state index contributed by atoms with van der Waals surface area (Å²) in [4.78, 5) is 13.1. The first-order valence-electron chi connectivity index (χ1n) is 6.50. The molecule has 1 aliphatic heterocycles. The van der Waals surface area contributed by atoms with E-state index in [-0.39, 0.29) is 17.6 Å². The van der Waals surface area contributed by atoms with E-state index in [9.17, 15) is 4.79 Å². The van der Waals surface area contributed by atoms with Gasteiger partial charge in [0.05, 0.1) is 12.7 Å². The lowest BCUT2D eigenvalue weighted by molar-refractivity contribution is -0.136. The standard InChI is InChI=1S/C13H26N2O2/c1-11(16)15-8-9-17-12(10-15)6-5-7-14-13(2,3)4/h12,14H,5-10H2,1-4H3/t12-/m0/s1. The molecule has 0 radical (unpaired) electrons. The van der Waals surface area contributed by atoms with Gasteiger partial charge in [-0.1, -0.05) is 0 Å². The molecular formula is C13H26N2O2. The Morgan fingerprint density at radius 2 is 2.18 bits per heavy atom. The Balaban J connectivity index is 2.17. The van der Waals surface area contributed by atoms with Crippen molar-refractivity contribution in [3.63, 3.8) is 0 Å². The first-order valence-corrected chi connectivity index (χ1v) is 6.50. The fraction of sp³-hybridized carbons (Fsp3) is 0.923. The predicted octanol–water partition coefficient (Wildman–Crippen LogP) is 1.40. The zero-order chi connectivity index (χ0) is 12.9. The lowest BCUT2D eigenvalue weighted by atomic mass is 10.1. The van der Waals surface area contributed by atoms with Gasteiger partial charge in [0.1, 0.15) is 0 Å². The Kier molecular flexibility index (Phi) is 5.40. The van der Waals surface area contributed by atoms with Gasteiger partial charge in [0, 0.05) is 25.6 Å². The maximum atomic E-state index is 11.3. The van der Waals surface area contributed by atoms with Gasteiger partial charge in [-0.15, -0.1) is 0 Å². The summed E-state index contributed by atoms with van der Waals surface area (Å²) in [6.45, 7) is 11.3. The Morgan fingerprint density at radius 3 is 2.76 bits per heavy atom. The molecule has 4 heteroatoms. The second-order valence-electron chi connectivity index (χ2n) is 5.78. The van der Waals surface area contributed by atoms with Crippen molar-refractivity contribution in [2.24, 2.45) is 0 Å². The summed E-state index contributed by atoms with van der Waals surface area (Å²) in [6.07, 6.45) is 2.33. The van der Waals surface area contributed by atoms with E-state index in [1.807, 2.05) is 4.90 Å². The topological polar surface area (TPSA) is 41.6 Å². The van der Waals surface area contributed by atoms with Crippen LogP contribution >= 0.6 is 0 Å². The number of rotatable bonds is 4. The van der Waals surface area contributed by atoms with Gasteiger partial charge >= 0.3 is 0 Å². The smallest absolute Gasteiger partial charge is 0.219 e. The quantitative estimate of drug-likeness (QED) is 0.758. The van der Waals surface area contributed by atoms with Gasteiger partial charge in [-0.3, -0.25) is 4.79 Å². The Bertz CT molecular complexity index is 248. The molecule has 4 nitrogen and oxygen atoms in total. The van der Waals surface area contributed by atoms with Crippen LogP contribution in [-0.4, -0.2) is 48.7 Å². The highest BCUT2D eigenvalue weighted by molar-refractivity contribution is 5.73. The van der Waals surface area contributed by atoms with Crippen molar-refractivity contribution in [3.8, 4) is 0 Å². The van der Waals surface area contributed by atoms with Gasteiger partial charge in [-0.25, -0.2) is 0 Å². The zero-order valence-corrected chi connectivity index (χ0v) is 11.6. The Labute approximate surface area is 105 Å². The van der Waals surface area contributed by atoms with Crippen molar-refractivity contribution < 1.29 is 9.53 Å². The molecule has 0 spiro atoms. The number of ether oxygens (including phenoxy) is 1. The van der Waals surface area contributed by atoms with Crippen LogP contribution in [0.15, 0.2) is 0 Å². The van der Waals surface area contributed by atoms with Crippen LogP contribution in [0.25, 0.3) is 0 Å². The van der Waals surface area contributed by atoms with Crippen molar-refractivity contribution in [2.45, 2.75) is 52.2 Å². The predicted molar refractivity (Wildman–Crippen MR) is 69.0 cm³/mol. The molecule has 0 aromatic rings. The van der Waals surface area contributed by atoms with Crippen molar-refractivity contribution >= 4 is 5.91 Å². The van der Waals surface area contributed by atoms with Gasteiger partial charge in [0.15, 0.2) is 0 Å². The molecule has 1 heterocycles. The molecule has 0 aliphatic carbocycles. The summed E-state index contributed by atoms with van der Waals surface area (Å²) in [5.41, 5.74) is 0.179. The van der Waals surface area contributed by atoms with Gasteiger partial charge < -0.3 is 15.0 Å². The largest absolute Gasteiger partial charge is 0.375 e. The maximum Gasteiger partial charge on any atom is 0.219 e. The van der Waals surface area contributed by atoms with E-state index >= 15 is 0 Å². The number of morpholine rings is 1. The number of hydrogen-bond acceptors (Lipinski definition) is 3. The first kappa shape index (κ1) is 14.5. The third-order valence-electron chi connectivity index (χ3n) is 2.94. The molecule has 100 valence electrons. The lowest BCUT2D eigenvalue weighted by Crippen LogP contribution is -2.45. The van der Waals surface area contributed by atoms with Crippen LogP contribution in [0, 0.1) is 0 Å². The summed E-state index contributed by atoms with van der Waals surface area (Å²) in [5, 5.41) is 3.46. The van der Waals surface area contributed by atoms with Crippen molar-refractivity contribution in [1.29, 1.82) is 0 Å². The van der Waals surface area contributed by atoms with E-state index < -0.39 is 0 Å². The Hall–Kier alpha value is -0.610. The minimum absolute atomic E-state index is 0.158.